The van der Waals surface area contributed by atoms with Crippen molar-refractivity contribution in [2.24, 2.45) is 0 Å². The molecule has 0 unspecified atom stereocenters. The molecule has 0 fully saturated rings. The Morgan fingerprint density at radius 2 is 2.33 bits per heavy atom. The molecule has 0 aromatic carbocycles. The Morgan fingerprint density at radius 3 is 3.17 bits per heavy atom. The smallest absolute Gasteiger partial charge is 0.224 e. The number of aromatic nitrogens is 4. The Morgan fingerprint density at radius 1 is 1.39 bits per heavy atom. The summed E-state index contributed by atoms with van der Waals surface area (Å²) in [6.07, 6.45) is 2.65. The lowest BCUT2D eigenvalue weighted by Crippen LogP contribution is -2.08. The van der Waals surface area contributed by atoms with Gasteiger partial charge in [0.05, 0.1) is 11.6 Å². The van der Waals surface area contributed by atoms with Gasteiger partial charge in [-0.2, -0.15) is 26.4 Å². The van der Waals surface area contributed by atoms with Crippen LogP contribution in [0.1, 0.15) is 5.56 Å². The number of nitrogens with one attached hydrogen (secondary N) is 2. The van der Waals surface area contributed by atoms with Gasteiger partial charge in [0, 0.05) is 6.54 Å². The van der Waals surface area contributed by atoms with Crippen LogP contribution in [0.4, 0.5) is 11.8 Å². The van der Waals surface area contributed by atoms with Gasteiger partial charge >= 0.3 is 0 Å². The minimum Gasteiger partial charge on any atom is -0.369 e. The number of hydrogen-bond acceptors (Lipinski definition) is 6. The zero-order valence-electron chi connectivity index (χ0n) is 9.55. The zero-order valence-corrected chi connectivity index (χ0v) is 10.4. The van der Waals surface area contributed by atoms with Crippen LogP contribution in [-0.2, 0) is 6.42 Å². The third-order valence-electron chi connectivity index (χ3n) is 2.61. The zero-order chi connectivity index (χ0) is 12.4. The fraction of sp³-hybridized carbons (Fsp3) is 0.182. The number of hydrogen-bond donors (Lipinski definition) is 3. The lowest BCUT2D eigenvalue weighted by molar-refractivity contribution is 1.01. The van der Waals surface area contributed by atoms with Gasteiger partial charge in [-0.3, -0.25) is 5.10 Å². The number of nitrogen functional groups attached to an aromatic ring is 1. The van der Waals surface area contributed by atoms with Gasteiger partial charge in [0.1, 0.15) is 5.82 Å². The van der Waals surface area contributed by atoms with Crippen LogP contribution in [0.5, 0.6) is 0 Å². The van der Waals surface area contributed by atoms with Crippen molar-refractivity contribution in [1.29, 1.82) is 0 Å². The third kappa shape index (κ3) is 2.12. The molecule has 18 heavy (non-hydrogen) atoms. The molecule has 0 saturated heterocycles. The van der Waals surface area contributed by atoms with Gasteiger partial charge in [-0.05, 0) is 28.8 Å². The fourth-order valence-corrected chi connectivity index (χ4v) is 2.45. The Bertz CT molecular complexity index is 645. The minimum absolute atomic E-state index is 0.241. The van der Waals surface area contributed by atoms with E-state index >= 15 is 0 Å². The summed E-state index contributed by atoms with van der Waals surface area (Å²) >= 11 is 1.70. The van der Waals surface area contributed by atoms with E-state index in [0.29, 0.717) is 5.65 Å². The van der Waals surface area contributed by atoms with Gasteiger partial charge in [0.15, 0.2) is 5.65 Å². The second-order valence-electron chi connectivity index (χ2n) is 3.87. The first kappa shape index (κ1) is 11.0. The third-order valence-corrected chi connectivity index (χ3v) is 3.35. The Labute approximate surface area is 107 Å². The van der Waals surface area contributed by atoms with Crippen molar-refractivity contribution in [3.05, 3.63) is 28.6 Å². The fourth-order valence-electron chi connectivity index (χ4n) is 1.75. The topological polar surface area (TPSA) is 92.5 Å². The molecule has 4 N–H and O–H groups in total. The predicted molar refractivity (Wildman–Crippen MR) is 72.6 cm³/mol. The highest BCUT2D eigenvalue weighted by Gasteiger charge is 2.07. The summed E-state index contributed by atoms with van der Waals surface area (Å²) in [4.78, 5) is 8.26. The molecular weight excluding hydrogens is 248 g/mol. The Balaban J connectivity index is 1.75. The maximum atomic E-state index is 5.64. The van der Waals surface area contributed by atoms with E-state index in [1.807, 2.05) is 0 Å². The van der Waals surface area contributed by atoms with Crippen molar-refractivity contribution >= 4 is 34.1 Å². The minimum atomic E-state index is 0.241. The van der Waals surface area contributed by atoms with Crippen LogP contribution in [0.15, 0.2) is 23.0 Å². The van der Waals surface area contributed by atoms with E-state index in [1.54, 1.807) is 17.5 Å². The van der Waals surface area contributed by atoms with Crippen molar-refractivity contribution in [1.82, 2.24) is 20.2 Å². The summed E-state index contributed by atoms with van der Waals surface area (Å²) in [7, 11) is 0. The van der Waals surface area contributed by atoms with Crippen LogP contribution in [0.25, 0.3) is 11.0 Å². The number of aromatic amines is 1. The molecular formula is C11H12N6S. The summed E-state index contributed by atoms with van der Waals surface area (Å²) in [5, 5.41) is 15.1. The molecule has 0 amide bonds. The van der Waals surface area contributed by atoms with Crippen LogP contribution in [0, 0.1) is 0 Å². The van der Waals surface area contributed by atoms with E-state index < -0.39 is 0 Å². The molecule has 3 rings (SSSR count). The molecule has 0 atom stereocenters. The Hall–Kier alpha value is -2.15. The van der Waals surface area contributed by atoms with E-state index in [4.69, 9.17) is 5.73 Å². The van der Waals surface area contributed by atoms with Crippen molar-refractivity contribution in [2.75, 3.05) is 17.6 Å². The quantitative estimate of drug-likeness (QED) is 0.663. The molecule has 0 aliphatic rings. The van der Waals surface area contributed by atoms with Gasteiger partial charge in [0.2, 0.25) is 5.95 Å². The number of thiophene rings is 1. The first-order chi connectivity index (χ1) is 8.83. The molecule has 3 heterocycles. The normalized spacial score (nSPS) is 10.9. The highest BCUT2D eigenvalue weighted by Crippen LogP contribution is 2.18. The van der Waals surface area contributed by atoms with Crippen LogP contribution >= 0.6 is 11.3 Å². The van der Waals surface area contributed by atoms with Gasteiger partial charge in [-0.25, -0.2) is 0 Å². The summed E-state index contributed by atoms with van der Waals surface area (Å²) in [6.45, 7) is 0.799. The number of H-pyrrole nitrogens is 1. The average Bonchev–Trinajstić information content (AvgIpc) is 2.98. The monoisotopic (exact) mass is 260 g/mol. The molecule has 3 aromatic rings. The molecule has 0 spiro atoms. The van der Waals surface area contributed by atoms with Crippen LogP contribution in [0.2, 0.25) is 0 Å². The second kappa shape index (κ2) is 4.61. The molecule has 92 valence electrons. The van der Waals surface area contributed by atoms with Crippen molar-refractivity contribution in [3.8, 4) is 0 Å². The lowest BCUT2D eigenvalue weighted by Gasteiger charge is -2.06. The largest absolute Gasteiger partial charge is 0.369 e. The van der Waals surface area contributed by atoms with E-state index in [-0.39, 0.29) is 5.95 Å². The molecule has 3 aromatic heterocycles. The van der Waals surface area contributed by atoms with Crippen molar-refractivity contribution < 1.29 is 0 Å². The average molecular weight is 260 g/mol. The second-order valence-corrected chi connectivity index (χ2v) is 4.65. The van der Waals surface area contributed by atoms with Crippen LogP contribution in [-0.4, -0.2) is 26.7 Å². The molecule has 0 radical (unpaired) electrons. The van der Waals surface area contributed by atoms with Crippen LogP contribution < -0.4 is 11.1 Å². The molecule has 7 heteroatoms. The van der Waals surface area contributed by atoms with Crippen LogP contribution in [0.3, 0.4) is 0 Å². The predicted octanol–water partition coefficient (Wildman–Crippen LogP) is 1.65. The summed E-state index contributed by atoms with van der Waals surface area (Å²) < 4.78 is 0. The summed E-state index contributed by atoms with van der Waals surface area (Å²) in [6, 6.07) is 2.12. The number of fused-ring (bicyclic) bond motifs is 1. The van der Waals surface area contributed by atoms with Gasteiger partial charge < -0.3 is 11.1 Å². The molecule has 0 bridgehead atoms. The van der Waals surface area contributed by atoms with Crippen molar-refractivity contribution in [2.45, 2.75) is 6.42 Å². The molecule has 0 aliphatic carbocycles. The van der Waals surface area contributed by atoms with E-state index in [1.165, 1.54) is 5.56 Å². The first-order valence-electron chi connectivity index (χ1n) is 5.54. The standard InChI is InChI=1S/C11H12N6S/c12-11-15-9(8-5-14-17-10(8)16-11)13-3-1-7-2-4-18-6-7/h2,4-6H,1,3H2,(H4,12,13,14,15,16,17). The molecule has 0 saturated carbocycles. The number of rotatable bonds is 4. The highest BCUT2D eigenvalue weighted by atomic mass is 32.1. The number of nitrogens with two attached hydrogens (primary N) is 1. The lowest BCUT2D eigenvalue weighted by atomic mass is 10.2. The van der Waals surface area contributed by atoms with Gasteiger partial charge in [-0.1, -0.05) is 0 Å². The van der Waals surface area contributed by atoms with Crippen molar-refractivity contribution in [3.63, 3.8) is 0 Å². The summed E-state index contributed by atoms with van der Waals surface area (Å²) in [5.41, 5.74) is 7.61. The Kier molecular flexibility index (Phi) is 2.81. The van der Waals surface area contributed by atoms with Gasteiger partial charge in [0.25, 0.3) is 0 Å². The van der Waals surface area contributed by atoms with E-state index in [2.05, 4.69) is 42.3 Å². The van der Waals surface area contributed by atoms with E-state index in [0.717, 1.165) is 24.2 Å². The number of nitrogens with zero attached hydrogens (tertiary/aromatic N) is 3. The molecule has 0 aliphatic heterocycles. The maximum Gasteiger partial charge on any atom is 0.224 e. The van der Waals surface area contributed by atoms with Gasteiger partial charge in [-0.15, -0.1) is 0 Å². The number of anilines is 2. The maximum absolute atomic E-state index is 5.64. The first-order valence-corrected chi connectivity index (χ1v) is 6.49. The highest BCUT2D eigenvalue weighted by molar-refractivity contribution is 7.07. The molecule has 6 nitrogen and oxygen atoms in total. The summed E-state index contributed by atoms with van der Waals surface area (Å²) in [5.74, 6) is 0.964. The SMILES string of the molecule is Nc1nc(NCCc2ccsc2)c2cn[nH]c2n1. The van der Waals surface area contributed by atoms with E-state index in [9.17, 15) is 0 Å².